The van der Waals surface area contributed by atoms with Crippen LogP contribution < -0.4 is 0 Å². The molecule has 0 fully saturated rings. The maximum atomic E-state index is 11.7. The maximum Gasteiger partial charge on any atom is 0.306 e. The topological polar surface area (TPSA) is 77.3 Å². The monoisotopic (exact) mass is 271 g/mol. The van der Waals surface area contributed by atoms with Crippen LogP contribution in [0.15, 0.2) is 28.5 Å². The van der Waals surface area contributed by atoms with Crippen molar-refractivity contribution in [1.82, 2.24) is 0 Å². The third-order valence-electron chi connectivity index (χ3n) is 2.23. The van der Waals surface area contributed by atoms with E-state index < -0.39 is 20.6 Å². The minimum absolute atomic E-state index is 0.0507. The van der Waals surface area contributed by atoms with Gasteiger partial charge in [-0.05, 0) is 24.4 Å². The average Bonchev–Trinajstić information content (AvgIpc) is 2.58. The summed E-state index contributed by atoms with van der Waals surface area (Å²) in [5, 5.41) is 11.1. The molecule has 0 spiro atoms. The summed E-state index contributed by atoms with van der Waals surface area (Å²) in [4.78, 5) is 9.46. The van der Waals surface area contributed by atoms with Gasteiger partial charge in [-0.2, -0.15) is 0 Å². The Morgan fingerprint density at radius 2 is 2.06 bits per heavy atom. The van der Waals surface area contributed by atoms with Gasteiger partial charge in [0.2, 0.25) is 0 Å². The van der Waals surface area contributed by atoms with Crippen molar-refractivity contribution in [2.24, 2.45) is 0 Å². The molecule has 0 radical (unpaired) electrons. The molecule has 1 aromatic heterocycles. The van der Waals surface area contributed by atoms with Crippen LogP contribution in [-0.2, 0) is 9.84 Å². The lowest BCUT2D eigenvalue weighted by Gasteiger charge is -1.93. The van der Waals surface area contributed by atoms with Gasteiger partial charge < -0.3 is 0 Å². The van der Waals surface area contributed by atoms with Crippen molar-refractivity contribution >= 4 is 31.3 Å². The summed E-state index contributed by atoms with van der Waals surface area (Å²) in [7, 11) is -3.81. The third kappa shape index (κ3) is 2.45. The second kappa shape index (κ2) is 4.08. The average molecular weight is 271 g/mol. The number of thiophene rings is 1. The number of sulfone groups is 1. The summed E-state index contributed by atoms with van der Waals surface area (Å²) in [5.41, 5.74) is 1.02. The van der Waals surface area contributed by atoms with Crippen LogP contribution in [0.2, 0.25) is 0 Å². The molecule has 5 nitrogen and oxygen atoms in total. The van der Waals surface area contributed by atoms with Gasteiger partial charge in [-0.1, -0.05) is 17.7 Å². The first kappa shape index (κ1) is 12.0. The molecular weight excluding hydrogens is 262 g/mol. The zero-order chi connectivity index (χ0) is 12.6. The van der Waals surface area contributed by atoms with E-state index in [4.69, 9.17) is 0 Å². The van der Waals surface area contributed by atoms with E-state index in [2.05, 4.69) is 0 Å². The van der Waals surface area contributed by atoms with Crippen LogP contribution in [0.25, 0.3) is 10.1 Å². The predicted octanol–water partition coefficient (Wildman–Crippen LogP) is 2.22. The van der Waals surface area contributed by atoms with Crippen molar-refractivity contribution in [2.45, 2.75) is 11.1 Å². The van der Waals surface area contributed by atoms with Crippen LogP contribution >= 0.6 is 11.3 Å². The fraction of sp³-hybridized carbons (Fsp3) is 0.200. The Hall–Kier alpha value is -1.47. The third-order valence-corrected chi connectivity index (χ3v) is 5.44. The minimum Gasteiger partial charge on any atom is -0.263 e. The highest BCUT2D eigenvalue weighted by Gasteiger charge is 2.23. The first-order valence-electron chi connectivity index (χ1n) is 4.73. The zero-order valence-electron chi connectivity index (χ0n) is 8.91. The van der Waals surface area contributed by atoms with Crippen molar-refractivity contribution in [1.29, 1.82) is 0 Å². The van der Waals surface area contributed by atoms with Gasteiger partial charge in [0, 0.05) is 9.62 Å². The molecule has 90 valence electrons. The molecule has 7 heteroatoms. The van der Waals surface area contributed by atoms with Crippen molar-refractivity contribution in [3.63, 3.8) is 0 Å². The second-order valence-corrected chi connectivity index (χ2v) is 6.95. The van der Waals surface area contributed by atoms with Crippen molar-refractivity contribution in [2.75, 3.05) is 5.88 Å². The molecule has 0 saturated heterocycles. The molecule has 0 aliphatic heterocycles. The minimum atomic E-state index is -3.81. The highest BCUT2D eigenvalue weighted by Crippen LogP contribution is 2.30. The van der Waals surface area contributed by atoms with Gasteiger partial charge in [-0.25, -0.2) is 8.42 Å². The maximum absolute atomic E-state index is 11.7. The highest BCUT2D eigenvalue weighted by atomic mass is 32.2. The SMILES string of the molecule is Cc1ccc2sc(S(=O)(=O)C[N+](=O)[O-])cc2c1. The zero-order valence-corrected chi connectivity index (χ0v) is 10.5. The van der Waals surface area contributed by atoms with Gasteiger partial charge in [0.1, 0.15) is 4.21 Å². The van der Waals surface area contributed by atoms with E-state index in [0.29, 0.717) is 0 Å². The van der Waals surface area contributed by atoms with E-state index in [0.717, 1.165) is 27.0 Å². The molecule has 0 saturated carbocycles. The predicted molar refractivity (Wildman–Crippen MR) is 65.6 cm³/mol. The van der Waals surface area contributed by atoms with Crippen molar-refractivity contribution < 1.29 is 13.3 Å². The van der Waals surface area contributed by atoms with Gasteiger partial charge in [-0.15, -0.1) is 11.3 Å². The Morgan fingerprint density at radius 3 is 2.71 bits per heavy atom. The summed E-state index contributed by atoms with van der Waals surface area (Å²) in [6.45, 7) is 1.91. The number of hydrogen-bond acceptors (Lipinski definition) is 5. The number of fused-ring (bicyclic) bond motifs is 1. The molecule has 1 heterocycles. The van der Waals surface area contributed by atoms with E-state index in [1.54, 1.807) is 0 Å². The Bertz CT molecular complexity index is 687. The first-order chi connectivity index (χ1) is 7.88. The van der Waals surface area contributed by atoms with Crippen LogP contribution in [0.3, 0.4) is 0 Å². The molecule has 0 aliphatic carbocycles. The summed E-state index contributed by atoms with van der Waals surface area (Å²) in [6, 6.07) is 7.05. The lowest BCUT2D eigenvalue weighted by atomic mass is 10.2. The van der Waals surface area contributed by atoms with Gasteiger partial charge in [0.05, 0.1) is 0 Å². The van der Waals surface area contributed by atoms with Crippen LogP contribution in [0.1, 0.15) is 5.56 Å². The van der Waals surface area contributed by atoms with Crippen molar-refractivity contribution in [3.05, 3.63) is 39.9 Å². The van der Waals surface area contributed by atoms with Crippen LogP contribution in [0.5, 0.6) is 0 Å². The van der Waals surface area contributed by atoms with Gasteiger partial charge >= 0.3 is 5.88 Å². The highest BCUT2D eigenvalue weighted by molar-refractivity contribution is 7.93. The first-order valence-corrected chi connectivity index (χ1v) is 7.20. The Kier molecular flexibility index (Phi) is 2.88. The smallest absolute Gasteiger partial charge is 0.263 e. The summed E-state index contributed by atoms with van der Waals surface area (Å²) < 4.78 is 24.2. The lowest BCUT2D eigenvalue weighted by Crippen LogP contribution is -2.13. The largest absolute Gasteiger partial charge is 0.306 e. The fourth-order valence-electron chi connectivity index (χ4n) is 1.49. The molecule has 0 unspecified atom stereocenters. The molecule has 2 rings (SSSR count). The van der Waals surface area contributed by atoms with Crippen LogP contribution in [0.4, 0.5) is 0 Å². The Labute approximate surface area is 102 Å². The van der Waals surface area contributed by atoms with Crippen LogP contribution in [0, 0.1) is 17.0 Å². The normalized spacial score (nSPS) is 11.8. The van der Waals surface area contributed by atoms with E-state index in [9.17, 15) is 18.5 Å². The molecule has 0 atom stereocenters. The molecule has 0 bridgehead atoms. The van der Waals surface area contributed by atoms with Crippen molar-refractivity contribution in [3.8, 4) is 0 Å². The van der Waals surface area contributed by atoms with Gasteiger partial charge in [0.15, 0.2) is 0 Å². The summed E-state index contributed by atoms with van der Waals surface area (Å²) >= 11 is 1.06. The van der Waals surface area contributed by atoms with Gasteiger partial charge in [0.25, 0.3) is 9.84 Å². The number of hydrogen-bond donors (Lipinski definition) is 0. The lowest BCUT2D eigenvalue weighted by molar-refractivity contribution is -0.458. The Morgan fingerprint density at radius 1 is 1.35 bits per heavy atom. The van der Waals surface area contributed by atoms with E-state index >= 15 is 0 Å². The Balaban J connectivity index is 2.53. The summed E-state index contributed by atoms with van der Waals surface area (Å²) in [5.74, 6) is -1.06. The van der Waals surface area contributed by atoms with E-state index in [-0.39, 0.29) is 4.21 Å². The number of nitrogens with zero attached hydrogens (tertiary/aromatic N) is 1. The number of nitro groups is 1. The molecule has 2 aromatic rings. The number of benzene rings is 1. The second-order valence-electron chi connectivity index (χ2n) is 3.68. The molecular formula is C10H9NO4S2. The quantitative estimate of drug-likeness (QED) is 0.633. The molecule has 0 aliphatic rings. The van der Waals surface area contributed by atoms with Gasteiger partial charge in [-0.3, -0.25) is 10.1 Å². The van der Waals surface area contributed by atoms with Crippen LogP contribution in [-0.4, -0.2) is 19.2 Å². The van der Waals surface area contributed by atoms with E-state index in [1.165, 1.54) is 6.07 Å². The molecule has 0 amide bonds. The standard InChI is InChI=1S/C10H9NO4S2/c1-7-2-3-9-8(4-7)5-10(16-9)17(14,15)6-11(12)13/h2-5H,6H2,1H3. The fourth-order valence-corrected chi connectivity index (χ4v) is 3.92. The van der Waals surface area contributed by atoms with E-state index in [1.807, 2.05) is 25.1 Å². The molecule has 0 N–H and O–H groups in total. The number of aryl methyl sites for hydroxylation is 1. The molecule has 1 aromatic carbocycles. The summed E-state index contributed by atoms with van der Waals surface area (Å²) in [6.07, 6.45) is 0. The number of rotatable bonds is 3. The molecule has 17 heavy (non-hydrogen) atoms.